The molecule has 0 rings (SSSR count). The van der Waals surface area contributed by atoms with Gasteiger partial charge in [0.05, 0.1) is 12.6 Å². The minimum atomic E-state index is -1.48. The minimum Gasteiger partial charge on any atom is -0.480 e. The molecule has 0 aliphatic rings. The number of rotatable bonds is 16. The Morgan fingerprint density at radius 2 is 1.44 bits per heavy atom. The Balaban J connectivity index is 5.35. The molecule has 0 heterocycles. The van der Waals surface area contributed by atoms with Crippen LogP contribution >= 0.6 is 0 Å². The van der Waals surface area contributed by atoms with Crippen LogP contribution in [0.1, 0.15) is 39.5 Å². The molecule has 0 saturated heterocycles. The molecule has 0 saturated carbocycles. The Morgan fingerprint density at radius 3 is 1.91 bits per heavy atom. The predicted molar refractivity (Wildman–Crippen MR) is 122 cm³/mol. The molecule has 0 aliphatic heterocycles. The largest absolute Gasteiger partial charge is 0.480 e. The van der Waals surface area contributed by atoms with E-state index >= 15 is 0 Å². The van der Waals surface area contributed by atoms with Gasteiger partial charge in [-0.1, -0.05) is 13.8 Å². The van der Waals surface area contributed by atoms with Crippen LogP contribution in [0.5, 0.6) is 0 Å². The first-order valence-corrected chi connectivity index (χ1v) is 10.6. The Hall–Kier alpha value is -3.46. The molecule has 194 valence electrons. The molecule has 13 N–H and O–H groups in total. The standard InChI is InChI=1S/C19H36N8O7/c1-9(2)14(18(33)34)27-17(32)12(8-28)26-16(31)11(4-3-7-24-19(22)23)25-15(30)10(20)5-6-13(21)29/h9-12,14,28H,3-8,20H2,1-2H3,(H2,21,29)(H,25,30)(H,26,31)(H,27,32)(H,33,34)(H4,22,23,24). The zero-order valence-electron chi connectivity index (χ0n) is 19.3. The molecule has 4 amide bonds. The van der Waals surface area contributed by atoms with Gasteiger partial charge in [-0.25, -0.2) is 4.79 Å². The van der Waals surface area contributed by atoms with Gasteiger partial charge in [0.25, 0.3) is 0 Å². The molecule has 15 nitrogen and oxygen atoms in total. The molecule has 4 unspecified atom stereocenters. The van der Waals surface area contributed by atoms with Gasteiger partial charge in [0.2, 0.25) is 23.6 Å². The fraction of sp³-hybridized carbons (Fsp3) is 0.684. The van der Waals surface area contributed by atoms with Crippen molar-refractivity contribution in [3.05, 3.63) is 0 Å². The van der Waals surface area contributed by atoms with Crippen LogP contribution in [0.15, 0.2) is 4.99 Å². The number of nitrogens with zero attached hydrogens (tertiary/aromatic N) is 1. The summed E-state index contributed by atoms with van der Waals surface area (Å²) in [4.78, 5) is 63.6. The van der Waals surface area contributed by atoms with Crippen LogP contribution in [0.25, 0.3) is 0 Å². The molecule has 0 spiro atoms. The van der Waals surface area contributed by atoms with Crippen molar-refractivity contribution in [1.29, 1.82) is 0 Å². The van der Waals surface area contributed by atoms with Crippen molar-refractivity contribution >= 4 is 35.6 Å². The zero-order valence-corrected chi connectivity index (χ0v) is 19.3. The second-order valence-electron chi connectivity index (χ2n) is 7.93. The first kappa shape index (κ1) is 30.5. The van der Waals surface area contributed by atoms with Crippen molar-refractivity contribution < 1.29 is 34.2 Å². The van der Waals surface area contributed by atoms with Gasteiger partial charge in [-0.3, -0.25) is 24.2 Å². The zero-order chi connectivity index (χ0) is 26.4. The van der Waals surface area contributed by atoms with Crippen molar-refractivity contribution in [2.45, 2.75) is 63.7 Å². The average molecular weight is 489 g/mol. The second kappa shape index (κ2) is 15.4. The van der Waals surface area contributed by atoms with E-state index in [1.165, 1.54) is 0 Å². The second-order valence-corrected chi connectivity index (χ2v) is 7.93. The number of aliphatic hydroxyl groups is 1. The van der Waals surface area contributed by atoms with E-state index in [0.29, 0.717) is 0 Å². The number of aliphatic carboxylic acids is 1. The van der Waals surface area contributed by atoms with Crippen LogP contribution in [0.2, 0.25) is 0 Å². The number of carboxylic acid groups (broad SMARTS) is 1. The van der Waals surface area contributed by atoms with E-state index < -0.39 is 66.3 Å². The van der Waals surface area contributed by atoms with Crippen molar-refractivity contribution in [2.75, 3.05) is 13.2 Å². The van der Waals surface area contributed by atoms with E-state index in [2.05, 4.69) is 20.9 Å². The highest BCUT2D eigenvalue weighted by molar-refractivity contribution is 5.94. The van der Waals surface area contributed by atoms with Gasteiger partial charge in [-0.05, 0) is 25.2 Å². The fourth-order valence-electron chi connectivity index (χ4n) is 2.71. The van der Waals surface area contributed by atoms with E-state index in [1.807, 2.05) is 0 Å². The topological polar surface area (TPSA) is 278 Å². The highest BCUT2D eigenvalue weighted by atomic mass is 16.4. The van der Waals surface area contributed by atoms with E-state index in [9.17, 15) is 34.2 Å². The smallest absolute Gasteiger partial charge is 0.326 e. The van der Waals surface area contributed by atoms with Crippen LogP contribution in [0.3, 0.4) is 0 Å². The summed E-state index contributed by atoms with van der Waals surface area (Å²) in [5.41, 5.74) is 21.3. The lowest BCUT2D eigenvalue weighted by molar-refractivity contribution is -0.143. The molecule has 15 heteroatoms. The monoisotopic (exact) mass is 488 g/mol. The first-order valence-electron chi connectivity index (χ1n) is 10.6. The molecule has 0 aliphatic carbocycles. The summed E-state index contributed by atoms with van der Waals surface area (Å²) in [7, 11) is 0. The molecule has 0 aromatic carbocycles. The van der Waals surface area contributed by atoms with Crippen molar-refractivity contribution in [3.63, 3.8) is 0 Å². The van der Waals surface area contributed by atoms with Gasteiger partial charge in [0.1, 0.15) is 18.1 Å². The highest BCUT2D eigenvalue weighted by Crippen LogP contribution is 2.04. The molecule has 0 bridgehead atoms. The van der Waals surface area contributed by atoms with Crippen LogP contribution < -0.4 is 38.9 Å². The summed E-state index contributed by atoms with van der Waals surface area (Å²) >= 11 is 0. The quantitative estimate of drug-likeness (QED) is 0.0573. The van der Waals surface area contributed by atoms with Gasteiger partial charge < -0.3 is 49.1 Å². The molecule has 0 radical (unpaired) electrons. The third-order valence-electron chi connectivity index (χ3n) is 4.66. The number of amides is 4. The Morgan fingerprint density at radius 1 is 0.882 bits per heavy atom. The first-order chi connectivity index (χ1) is 15.8. The number of primary amides is 1. The van der Waals surface area contributed by atoms with Gasteiger partial charge in [-0.2, -0.15) is 0 Å². The number of nitrogens with one attached hydrogen (secondary N) is 3. The lowest BCUT2D eigenvalue weighted by Gasteiger charge is -2.25. The number of guanidine groups is 1. The summed E-state index contributed by atoms with van der Waals surface area (Å²) < 4.78 is 0. The molecule has 0 aromatic rings. The normalized spacial score (nSPS) is 14.3. The maximum absolute atomic E-state index is 12.8. The Labute approximate surface area is 197 Å². The third-order valence-corrected chi connectivity index (χ3v) is 4.66. The average Bonchev–Trinajstić information content (AvgIpc) is 2.74. The predicted octanol–water partition coefficient (Wildman–Crippen LogP) is -4.18. The molecular weight excluding hydrogens is 452 g/mol. The van der Waals surface area contributed by atoms with Gasteiger partial charge >= 0.3 is 5.97 Å². The number of carboxylic acids is 1. The summed E-state index contributed by atoms with van der Waals surface area (Å²) in [6, 6.07) is -5.03. The van der Waals surface area contributed by atoms with Gasteiger partial charge in [0.15, 0.2) is 5.96 Å². The minimum absolute atomic E-state index is 0.0421. The Kier molecular flexibility index (Phi) is 13.8. The van der Waals surface area contributed by atoms with Crippen LogP contribution in [-0.2, 0) is 24.0 Å². The number of carbonyl (C=O) groups is 5. The highest BCUT2D eigenvalue weighted by Gasteiger charge is 2.30. The molecule has 34 heavy (non-hydrogen) atoms. The summed E-state index contributed by atoms with van der Waals surface area (Å²) in [5.74, 6) is -5.02. The van der Waals surface area contributed by atoms with E-state index in [0.717, 1.165) is 0 Å². The van der Waals surface area contributed by atoms with Crippen LogP contribution in [-0.4, -0.2) is 83.1 Å². The van der Waals surface area contributed by atoms with Gasteiger partial charge in [0, 0.05) is 13.0 Å². The van der Waals surface area contributed by atoms with Crippen LogP contribution in [0, 0.1) is 5.92 Å². The number of hydrogen-bond donors (Lipinski definition) is 9. The van der Waals surface area contributed by atoms with Crippen molar-refractivity contribution in [3.8, 4) is 0 Å². The summed E-state index contributed by atoms with van der Waals surface area (Å²) in [6.07, 6.45) is 0.123. The SMILES string of the molecule is CC(C)C(NC(=O)C(CO)NC(=O)C(CCCN=C(N)N)NC(=O)C(N)CCC(N)=O)C(=O)O. The maximum Gasteiger partial charge on any atom is 0.326 e. The summed E-state index contributed by atoms with van der Waals surface area (Å²) in [5, 5.41) is 25.8. The van der Waals surface area contributed by atoms with Crippen LogP contribution in [0.4, 0.5) is 0 Å². The van der Waals surface area contributed by atoms with E-state index in [1.54, 1.807) is 13.8 Å². The number of nitrogens with two attached hydrogens (primary N) is 4. The molecule has 0 fully saturated rings. The van der Waals surface area contributed by atoms with Gasteiger partial charge in [-0.15, -0.1) is 0 Å². The lowest BCUT2D eigenvalue weighted by Crippen LogP contribution is -2.58. The maximum atomic E-state index is 12.8. The number of aliphatic imine (C=N–C) groups is 1. The molecule has 0 aromatic heterocycles. The summed E-state index contributed by atoms with van der Waals surface area (Å²) in [6.45, 7) is 2.48. The van der Waals surface area contributed by atoms with Crippen molar-refractivity contribution in [1.82, 2.24) is 16.0 Å². The third kappa shape index (κ3) is 12.0. The number of aliphatic hydroxyl groups excluding tert-OH is 1. The van der Waals surface area contributed by atoms with E-state index in [4.69, 9.17) is 22.9 Å². The number of hydrogen-bond acceptors (Lipinski definition) is 8. The van der Waals surface area contributed by atoms with E-state index in [-0.39, 0.29) is 38.2 Å². The van der Waals surface area contributed by atoms with Crippen molar-refractivity contribution in [2.24, 2.45) is 33.8 Å². The molecular formula is C19H36N8O7. The number of carbonyl (C=O) groups excluding carboxylic acids is 4. The lowest BCUT2D eigenvalue weighted by atomic mass is 10.0. The fourth-order valence-corrected chi connectivity index (χ4v) is 2.71. The Bertz CT molecular complexity index is 755. The molecule has 4 atom stereocenters.